The molecule has 2 aromatic heterocycles. The Bertz CT molecular complexity index is 642. The fraction of sp³-hybridized carbons (Fsp3) is 0.533. The van der Waals surface area contributed by atoms with Gasteiger partial charge in [-0.2, -0.15) is 0 Å². The van der Waals surface area contributed by atoms with Crippen LogP contribution in [0.1, 0.15) is 38.4 Å². The Balaban J connectivity index is 2.15. The number of rotatable bonds is 3. The summed E-state index contributed by atoms with van der Waals surface area (Å²) in [6.07, 6.45) is 5.44. The molecule has 106 valence electrons. The normalized spacial score (nSPS) is 17.5. The van der Waals surface area contributed by atoms with E-state index in [1.165, 1.54) is 0 Å². The molecule has 20 heavy (non-hydrogen) atoms. The average Bonchev–Trinajstić information content (AvgIpc) is 3.06. The molecular weight excluding hydrogens is 254 g/mol. The van der Waals surface area contributed by atoms with Crippen molar-refractivity contribution in [2.45, 2.75) is 38.0 Å². The van der Waals surface area contributed by atoms with E-state index in [4.69, 9.17) is 4.74 Å². The lowest BCUT2D eigenvalue weighted by Gasteiger charge is -2.25. The van der Waals surface area contributed by atoms with Gasteiger partial charge in [-0.1, -0.05) is 12.8 Å². The maximum atomic E-state index is 12.5. The summed E-state index contributed by atoms with van der Waals surface area (Å²) < 4.78 is 7.26. The van der Waals surface area contributed by atoms with Crippen LogP contribution >= 0.6 is 0 Å². The van der Waals surface area contributed by atoms with Crippen molar-refractivity contribution >= 4 is 17.1 Å². The first-order chi connectivity index (χ1) is 9.69. The van der Waals surface area contributed by atoms with Crippen molar-refractivity contribution in [2.75, 3.05) is 6.61 Å². The fourth-order valence-electron chi connectivity index (χ4n) is 3.22. The van der Waals surface area contributed by atoms with Gasteiger partial charge in [0, 0.05) is 13.2 Å². The van der Waals surface area contributed by atoms with Gasteiger partial charge in [0.2, 0.25) is 0 Å². The highest BCUT2D eigenvalue weighted by Crippen LogP contribution is 2.42. The van der Waals surface area contributed by atoms with Crippen LogP contribution < -0.4 is 0 Å². The minimum absolute atomic E-state index is 0.143. The summed E-state index contributed by atoms with van der Waals surface area (Å²) in [6, 6.07) is 3.80. The van der Waals surface area contributed by atoms with Crippen molar-refractivity contribution in [3.05, 3.63) is 24.2 Å². The Morgan fingerprint density at radius 2 is 2.20 bits per heavy atom. The van der Waals surface area contributed by atoms with Gasteiger partial charge < -0.3 is 9.30 Å². The minimum Gasteiger partial charge on any atom is -0.465 e. The van der Waals surface area contributed by atoms with Crippen molar-refractivity contribution in [3.8, 4) is 0 Å². The fourth-order valence-corrected chi connectivity index (χ4v) is 3.22. The number of fused-ring (bicyclic) bond motifs is 1. The van der Waals surface area contributed by atoms with Gasteiger partial charge in [-0.25, -0.2) is 9.97 Å². The number of hydrogen-bond donors (Lipinski definition) is 0. The van der Waals surface area contributed by atoms with Crippen LogP contribution in [0, 0.1) is 0 Å². The Hall–Kier alpha value is -1.91. The molecule has 1 aliphatic carbocycles. The van der Waals surface area contributed by atoms with E-state index in [1.54, 1.807) is 6.20 Å². The Kier molecular flexibility index (Phi) is 3.20. The predicted octanol–water partition coefficient (Wildman–Crippen LogP) is 2.34. The van der Waals surface area contributed by atoms with Crippen LogP contribution in [0.2, 0.25) is 0 Å². The summed E-state index contributed by atoms with van der Waals surface area (Å²) >= 11 is 0. The Labute approximate surface area is 118 Å². The lowest BCUT2D eigenvalue weighted by atomic mass is 9.85. The van der Waals surface area contributed by atoms with E-state index in [-0.39, 0.29) is 5.97 Å². The van der Waals surface area contributed by atoms with Gasteiger partial charge in [0.1, 0.15) is 16.8 Å². The SMILES string of the molecule is CCOC(=O)C1(c2nc3cccnc3n2C)CCCC1. The lowest BCUT2D eigenvalue weighted by molar-refractivity contribution is -0.150. The molecule has 0 unspecified atom stereocenters. The molecule has 1 fully saturated rings. The highest BCUT2D eigenvalue weighted by molar-refractivity contribution is 5.84. The average molecular weight is 273 g/mol. The Morgan fingerprint density at radius 3 is 2.85 bits per heavy atom. The quantitative estimate of drug-likeness (QED) is 0.805. The maximum absolute atomic E-state index is 12.5. The van der Waals surface area contributed by atoms with Crippen LogP contribution in [0.25, 0.3) is 11.2 Å². The van der Waals surface area contributed by atoms with Gasteiger partial charge >= 0.3 is 5.97 Å². The number of hydrogen-bond acceptors (Lipinski definition) is 4. The molecule has 0 atom stereocenters. The number of aromatic nitrogens is 3. The number of ether oxygens (including phenoxy) is 1. The van der Waals surface area contributed by atoms with Crippen molar-refractivity contribution < 1.29 is 9.53 Å². The molecule has 0 saturated heterocycles. The largest absolute Gasteiger partial charge is 0.465 e. The minimum atomic E-state index is -0.592. The second kappa shape index (κ2) is 4.89. The second-order valence-electron chi connectivity index (χ2n) is 5.35. The third kappa shape index (κ3) is 1.80. The highest BCUT2D eigenvalue weighted by Gasteiger charge is 2.47. The standard InChI is InChI=1S/C15H19N3O2/c1-3-20-14(19)15(8-4-5-9-15)13-17-11-7-6-10-16-12(11)18(13)2/h6-7,10H,3-5,8-9H2,1-2H3. The van der Waals surface area contributed by atoms with Crippen LogP contribution in [0.5, 0.6) is 0 Å². The molecule has 0 radical (unpaired) electrons. The third-order valence-electron chi connectivity index (χ3n) is 4.18. The van der Waals surface area contributed by atoms with Crippen molar-refractivity contribution in [1.29, 1.82) is 0 Å². The van der Waals surface area contributed by atoms with Gasteiger partial charge in [0.15, 0.2) is 5.65 Å². The third-order valence-corrected chi connectivity index (χ3v) is 4.18. The zero-order chi connectivity index (χ0) is 14.2. The second-order valence-corrected chi connectivity index (χ2v) is 5.35. The van der Waals surface area contributed by atoms with E-state index in [0.29, 0.717) is 6.61 Å². The van der Waals surface area contributed by atoms with Gasteiger partial charge in [-0.3, -0.25) is 4.79 Å². The molecule has 1 saturated carbocycles. The molecule has 0 N–H and O–H groups in total. The molecule has 2 heterocycles. The van der Waals surface area contributed by atoms with Crippen LogP contribution in [0.3, 0.4) is 0 Å². The van der Waals surface area contributed by atoms with Crippen LogP contribution in [-0.2, 0) is 22.0 Å². The van der Waals surface area contributed by atoms with Crippen molar-refractivity contribution in [3.63, 3.8) is 0 Å². The first kappa shape index (κ1) is 13.1. The molecule has 0 spiro atoms. The van der Waals surface area contributed by atoms with Crippen molar-refractivity contribution in [2.24, 2.45) is 7.05 Å². The van der Waals surface area contributed by atoms with Crippen LogP contribution in [0.15, 0.2) is 18.3 Å². The molecule has 0 bridgehead atoms. The molecule has 0 aliphatic heterocycles. The number of esters is 1. The molecule has 3 rings (SSSR count). The molecule has 5 heteroatoms. The highest BCUT2D eigenvalue weighted by atomic mass is 16.5. The zero-order valence-corrected chi connectivity index (χ0v) is 11.9. The van der Waals surface area contributed by atoms with Crippen LogP contribution in [-0.4, -0.2) is 27.1 Å². The number of carbonyl (C=O) groups is 1. The first-order valence-electron chi connectivity index (χ1n) is 7.14. The van der Waals surface area contributed by atoms with Gasteiger partial charge in [-0.05, 0) is 31.9 Å². The number of aryl methyl sites for hydroxylation is 1. The Morgan fingerprint density at radius 1 is 1.45 bits per heavy atom. The number of pyridine rings is 1. The van der Waals surface area contributed by atoms with E-state index in [0.717, 1.165) is 42.7 Å². The van der Waals surface area contributed by atoms with Gasteiger partial charge in [-0.15, -0.1) is 0 Å². The van der Waals surface area contributed by atoms with Crippen molar-refractivity contribution in [1.82, 2.24) is 14.5 Å². The van der Waals surface area contributed by atoms with Crippen LogP contribution in [0.4, 0.5) is 0 Å². The van der Waals surface area contributed by atoms with E-state index >= 15 is 0 Å². The maximum Gasteiger partial charge on any atom is 0.319 e. The van der Waals surface area contributed by atoms with E-state index in [1.807, 2.05) is 30.7 Å². The number of carbonyl (C=O) groups excluding carboxylic acids is 1. The molecule has 5 nitrogen and oxygen atoms in total. The smallest absolute Gasteiger partial charge is 0.319 e. The topological polar surface area (TPSA) is 57.0 Å². The lowest BCUT2D eigenvalue weighted by Crippen LogP contribution is -2.37. The van der Waals surface area contributed by atoms with Gasteiger partial charge in [0.05, 0.1) is 6.61 Å². The summed E-state index contributed by atoms with van der Waals surface area (Å²) in [6.45, 7) is 2.25. The number of nitrogens with zero attached hydrogens (tertiary/aromatic N) is 3. The molecule has 0 aromatic carbocycles. The summed E-state index contributed by atoms with van der Waals surface area (Å²) in [4.78, 5) is 21.5. The monoisotopic (exact) mass is 273 g/mol. The van der Waals surface area contributed by atoms with E-state index < -0.39 is 5.41 Å². The summed E-state index contributed by atoms with van der Waals surface area (Å²) in [7, 11) is 1.93. The summed E-state index contributed by atoms with van der Waals surface area (Å²) in [5, 5.41) is 0. The summed E-state index contributed by atoms with van der Waals surface area (Å²) in [5.74, 6) is 0.651. The van der Waals surface area contributed by atoms with Gasteiger partial charge in [0.25, 0.3) is 0 Å². The zero-order valence-electron chi connectivity index (χ0n) is 11.9. The molecule has 2 aromatic rings. The predicted molar refractivity (Wildman–Crippen MR) is 75.3 cm³/mol. The summed E-state index contributed by atoms with van der Waals surface area (Å²) in [5.41, 5.74) is 1.06. The molecule has 0 amide bonds. The molecule has 1 aliphatic rings. The van der Waals surface area contributed by atoms with E-state index in [2.05, 4.69) is 9.97 Å². The van der Waals surface area contributed by atoms with E-state index in [9.17, 15) is 4.79 Å². The molecular formula is C15H19N3O2. The number of imidazole rings is 1. The first-order valence-corrected chi connectivity index (χ1v) is 7.14.